The number of unbranched alkanes of at least 4 members (excludes halogenated alkanes) is 4. The van der Waals surface area contributed by atoms with E-state index >= 15 is 0 Å². The van der Waals surface area contributed by atoms with Crippen LogP contribution in [0.25, 0.3) is 0 Å². The largest absolute Gasteiger partial charge is 0.480 e. The van der Waals surface area contributed by atoms with Crippen LogP contribution in [0.1, 0.15) is 155 Å². The third kappa shape index (κ3) is 31.4. The second kappa shape index (κ2) is 44.7. The molecule has 94 heavy (non-hydrogen) atoms. The number of carboxylic acids is 1. The van der Waals surface area contributed by atoms with Gasteiger partial charge in [0, 0.05) is 19.3 Å². The van der Waals surface area contributed by atoms with E-state index in [0.29, 0.717) is 82.0 Å². The van der Waals surface area contributed by atoms with Crippen LogP contribution in [0.5, 0.6) is 0 Å². The highest BCUT2D eigenvalue weighted by molar-refractivity contribution is 5.98. The second-order valence-corrected chi connectivity index (χ2v) is 25.6. The molecule has 0 aliphatic heterocycles. The third-order valence-corrected chi connectivity index (χ3v) is 15.8. The van der Waals surface area contributed by atoms with Crippen LogP contribution >= 0.6 is 0 Å². The summed E-state index contributed by atoms with van der Waals surface area (Å²) in [5.41, 5.74) is 31.4. The number of rotatable bonds is 47. The van der Waals surface area contributed by atoms with Crippen molar-refractivity contribution < 1.29 is 53.1 Å². The molecule has 0 bridgehead atoms. The molecule has 0 spiro atoms. The summed E-state index contributed by atoms with van der Waals surface area (Å²) in [6.07, 6.45) is 4.94. The molecule has 3 rings (SSSR count). The van der Waals surface area contributed by atoms with Crippen molar-refractivity contribution in [1.82, 2.24) is 47.9 Å². The van der Waals surface area contributed by atoms with Crippen LogP contribution in [-0.2, 0) is 67.2 Å². The maximum Gasteiger partial charge on any atom is 0.326 e. The zero-order chi connectivity index (χ0) is 69.5. The Kier molecular flexibility index (Phi) is 38.2. The molecule has 0 saturated heterocycles. The number of carboxylic acid groups (broad SMARTS) is 1. The number of amides is 9. The van der Waals surface area contributed by atoms with Crippen molar-refractivity contribution in [1.29, 1.82) is 0 Å². The van der Waals surface area contributed by atoms with Crippen LogP contribution in [0.4, 0.5) is 0 Å². The van der Waals surface area contributed by atoms with E-state index in [1.54, 1.807) is 72.8 Å². The van der Waals surface area contributed by atoms with Crippen molar-refractivity contribution in [3.63, 3.8) is 0 Å². The Bertz CT molecular complexity index is 2780. The van der Waals surface area contributed by atoms with Crippen LogP contribution in [0.15, 0.2) is 91.0 Å². The van der Waals surface area contributed by atoms with Crippen LogP contribution in [-0.4, -0.2) is 151 Å². The first-order valence-corrected chi connectivity index (χ1v) is 33.5. The summed E-state index contributed by atoms with van der Waals surface area (Å²) < 4.78 is 0. The first-order chi connectivity index (χ1) is 44.9. The Morgan fingerprint density at radius 1 is 0.309 bits per heavy atom. The molecule has 3 aromatic rings. The smallest absolute Gasteiger partial charge is 0.326 e. The quantitative estimate of drug-likeness (QED) is 0.0360. The van der Waals surface area contributed by atoms with Crippen LogP contribution in [0.3, 0.4) is 0 Å². The molecule has 0 aromatic heterocycles. The lowest BCUT2D eigenvalue weighted by Crippen LogP contribution is -2.61. The molecule has 25 nitrogen and oxygen atoms in total. The van der Waals surface area contributed by atoms with E-state index in [2.05, 4.69) is 47.9 Å². The van der Waals surface area contributed by atoms with Crippen molar-refractivity contribution in [2.45, 2.75) is 218 Å². The van der Waals surface area contributed by atoms with Crippen molar-refractivity contribution in [3.05, 3.63) is 108 Å². The number of hydrogen-bond acceptors (Lipinski definition) is 15. The minimum Gasteiger partial charge on any atom is -0.480 e. The molecule has 0 fully saturated rings. The summed E-state index contributed by atoms with van der Waals surface area (Å²) in [6, 6.07) is 14.6. The van der Waals surface area contributed by atoms with E-state index in [1.165, 1.54) is 0 Å². The molecule has 0 aliphatic carbocycles. The molecule has 0 saturated carbocycles. The highest BCUT2D eigenvalue weighted by Crippen LogP contribution is 2.16. The van der Waals surface area contributed by atoms with E-state index in [0.717, 1.165) is 5.56 Å². The standard InChI is InChI=1S/C69H110N14O11/c1-44(2)38-54(79-66(90)57(41-47-24-10-7-11-25-47)78-60(84)50(74)30-16-20-34-70)63(87)75-51(31-17-21-35-71)61(85)82-58(42-48-26-12-8-13-27-48)67(91)80-55(39-45(3)4)64(88)76-52(32-18-22-36-72)62(86)83-59(43-49-28-14-9-15-29-49)68(92)81-56(40-46(5)6)65(89)77-53(69(93)94)33-19-23-37-73/h7-15,24-29,44-46,50-59H,16-23,30-43,70-74H2,1-6H3,(H,75,87)(H,76,88)(H,77,89)(H,78,84)(H,79,90)(H,80,91)(H,81,92)(H,82,85)(H,83,86)(H,93,94)/t50-,51-,52-,53-,54-,55-,56-,57-,58-,59-/m0/s1. The normalized spacial score (nSPS) is 14.5. The Hall–Kier alpha value is -7.84. The van der Waals surface area contributed by atoms with E-state index in [-0.39, 0.29) is 88.6 Å². The Morgan fingerprint density at radius 3 is 0.809 bits per heavy atom. The topological polar surface area (TPSA) is 429 Å². The number of nitrogens with one attached hydrogen (secondary N) is 9. The van der Waals surface area contributed by atoms with Crippen molar-refractivity contribution in [2.75, 3.05) is 26.2 Å². The maximum atomic E-state index is 14.9. The number of carbonyl (C=O) groups excluding carboxylic acids is 9. The zero-order valence-corrected chi connectivity index (χ0v) is 56.1. The lowest BCUT2D eigenvalue weighted by Gasteiger charge is -2.29. The van der Waals surface area contributed by atoms with Gasteiger partial charge in [0.25, 0.3) is 0 Å². The van der Waals surface area contributed by atoms with Gasteiger partial charge in [0.15, 0.2) is 0 Å². The Balaban J connectivity index is 1.99. The van der Waals surface area contributed by atoms with Gasteiger partial charge in [-0.1, -0.05) is 139 Å². The minimum atomic E-state index is -1.34. The van der Waals surface area contributed by atoms with E-state index in [9.17, 15) is 53.1 Å². The minimum absolute atomic E-state index is 0.0365. The van der Waals surface area contributed by atoms with Crippen molar-refractivity contribution in [3.8, 4) is 0 Å². The lowest BCUT2D eigenvalue weighted by atomic mass is 9.99. The summed E-state index contributed by atoms with van der Waals surface area (Å²) in [5, 5.41) is 35.2. The average Bonchev–Trinajstić information content (AvgIpc) is 0.916. The molecule has 20 N–H and O–H groups in total. The van der Waals surface area contributed by atoms with Crippen LogP contribution in [0, 0.1) is 17.8 Å². The average molecular weight is 1310 g/mol. The molecule has 0 radical (unpaired) electrons. The zero-order valence-electron chi connectivity index (χ0n) is 56.1. The molecular formula is C69H110N14O11. The summed E-state index contributed by atoms with van der Waals surface area (Å²) in [6.45, 7) is 12.4. The first kappa shape index (κ1) is 80.4. The highest BCUT2D eigenvalue weighted by Gasteiger charge is 2.37. The van der Waals surface area contributed by atoms with E-state index < -0.39 is 120 Å². The molecular weight excluding hydrogens is 1200 g/mol. The van der Waals surface area contributed by atoms with Gasteiger partial charge in [-0.25, -0.2) is 4.79 Å². The van der Waals surface area contributed by atoms with Gasteiger partial charge in [-0.2, -0.15) is 0 Å². The van der Waals surface area contributed by atoms with E-state index in [1.807, 2.05) is 59.7 Å². The predicted molar refractivity (Wildman–Crippen MR) is 363 cm³/mol. The predicted octanol–water partition coefficient (Wildman–Crippen LogP) is 2.14. The van der Waals surface area contributed by atoms with Gasteiger partial charge in [-0.3, -0.25) is 43.2 Å². The molecule has 10 atom stereocenters. The third-order valence-electron chi connectivity index (χ3n) is 15.8. The maximum absolute atomic E-state index is 14.9. The van der Waals surface area contributed by atoms with Gasteiger partial charge in [0.05, 0.1) is 6.04 Å². The van der Waals surface area contributed by atoms with Gasteiger partial charge >= 0.3 is 5.97 Å². The first-order valence-electron chi connectivity index (χ1n) is 33.5. The second-order valence-electron chi connectivity index (χ2n) is 25.6. The molecule has 0 heterocycles. The number of aliphatic carboxylic acids is 1. The van der Waals surface area contributed by atoms with Gasteiger partial charge in [0.2, 0.25) is 53.2 Å². The molecule has 522 valence electrons. The van der Waals surface area contributed by atoms with Crippen molar-refractivity contribution >= 4 is 59.1 Å². The fourth-order valence-corrected chi connectivity index (χ4v) is 10.7. The van der Waals surface area contributed by atoms with Crippen molar-refractivity contribution in [2.24, 2.45) is 46.4 Å². The summed E-state index contributed by atoms with van der Waals surface area (Å²) >= 11 is 0. The summed E-state index contributed by atoms with van der Waals surface area (Å²) in [5.74, 6) is -8.01. The van der Waals surface area contributed by atoms with Crippen LogP contribution in [0.2, 0.25) is 0 Å². The fourth-order valence-electron chi connectivity index (χ4n) is 10.7. The van der Waals surface area contributed by atoms with Crippen LogP contribution < -0.4 is 76.5 Å². The molecule has 25 heteroatoms. The molecule has 0 unspecified atom stereocenters. The molecule has 9 amide bonds. The highest BCUT2D eigenvalue weighted by atomic mass is 16.4. The van der Waals surface area contributed by atoms with Gasteiger partial charge in [0.1, 0.15) is 54.4 Å². The number of hydrogen-bond donors (Lipinski definition) is 15. The summed E-state index contributed by atoms with van der Waals surface area (Å²) in [7, 11) is 0. The fraction of sp³-hybridized carbons (Fsp3) is 0.594. The van der Waals surface area contributed by atoms with Gasteiger partial charge in [-0.05, 0) is 151 Å². The molecule has 3 aromatic carbocycles. The Labute approximate surface area is 555 Å². The Morgan fingerprint density at radius 2 is 0.532 bits per heavy atom. The molecule has 0 aliphatic rings. The summed E-state index contributed by atoms with van der Waals surface area (Å²) in [4.78, 5) is 142. The number of benzene rings is 3. The number of carbonyl (C=O) groups is 10. The van der Waals surface area contributed by atoms with E-state index in [4.69, 9.17) is 28.7 Å². The number of nitrogens with two attached hydrogens (primary N) is 5. The SMILES string of the molecule is CC(C)C[C@H](NC(=O)[C@H](Cc1ccccc1)NC(=O)[C@H](CCCCN)NC(=O)[C@H](CC(C)C)NC(=O)[C@H](Cc1ccccc1)NC(=O)[C@H](CCCCN)NC(=O)[C@H](CC(C)C)NC(=O)[C@H](Cc1ccccc1)NC(=O)[C@@H](N)CCCCN)C(=O)N[C@@H](CCCCN)C(=O)O. The lowest BCUT2D eigenvalue weighted by molar-refractivity contribution is -0.142. The van der Waals surface area contributed by atoms with Gasteiger partial charge in [-0.15, -0.1) is 0 Å². The van der Waals surface area contributed by atoms with Gasteiger partial charge < -0.3 is 81.6 Å². The monoisotopic (exact) mass is 1310 g/mol.